The number of thioether (sulfide) groups is 1. The molecular weight excluding hydrogens is 315 g/mol. The van der Waals surface area contributed by atoms with Gasteiger partial charge >= 0.3 is 7.12 Å². The summed E-state index contributed by atoms with van der Waals surface area (Å²) in [5.74, 6) is 0. The van der Waals surface area contributed by atoms with E-state index in [0.29, 0.717) is 5.25 Å². The molecule has 4 rings (SSSR count). The van der Waals surface area contributed by atoms with Crippen molar-refractivity contribution in [3.8, 4) is 0 Å². The summed E-state index contributed by atoms with van der Waals surface area (Å²) in [6.07, 6.45) is 7.80. The smallest absolute Gasteiger partial charge is 0.399 e. The topological polar surface area (TPSA) is 18.5 Å². The number of rotatable bonds is 2. The second-order valence-electron chi connectivity index (χ2n) is 8.34. The molecule has 2 atom stereocenters. The third kappa shape index (κ3) is 2.98. The van der Waals surface area contributed by atoms with Crippen molar-refractivity contribution in [1.82, 2.24) is 0 Å². The fraction of sp³-hybridized carbons (Fsp3) is 0.600. The van der Waals surface area contributed by atoms with Crippen molar-refractivity contribution in [1.29, 1.82) is 0 Å². The highest BCUT2D eigenvalue weighted by molar-refractivity contribution is 8.00. The lowest BCUT2D eigenvalue weighted by Crippen LogP contribution is -2.41. The molecule has 24 heavy (non-hydrogen) atoms. The van der Waals surface area contributed by atoms with Crippen molar-refractivity contribution < 1.29 is 9.31 Å². The standard InChI is InChI=1S/C20H27BO2S/c1-19(2)20(3,4)23-21(22-19)16-8-5-7-14(11-16)15-12-17-9-6-10-18(13-15)24-17/h5,7-8,11-12,17-18H,6,9-10,13H2,1-4H3. The molecule has 3 aliphatic rings. The van der Waals surface area contributed by atoms with E-state index in [2.05, 4.69) is 69.8 Å². The molecule has 0 radical (unpaired) electrons. The van der Waals surface area contributed by atoms with Crippen LogP contribution >= 0.6 is 11.8 Å². The summed E-state index contributed by atoms with van der Waals surface area (Å²) in [5, 5.41) is 1.53. The molecule has 3 aliphatic heterocycles. The summed E-state index contributed by atoms with van der Waals surface area (Å²) in [4.78, 5) is 0. The average Bonchev–Trinajstić information content (AvgIpc) is 2.75. The van der Waals surface area contributed by atoms with Crippen molar-refractivity contribution in [2.75, 3.05) is 0 Å². The fourth-order valence-electron chi connectivity index (χ4n) is 3.82. The summed E-state index contributed by atoms with van der Waals surface area (Å²) in [5.41, 5.74) is 3.42. The predicted octanol–water partition coefficient (Wildman–Crippen LogP) is 4.43. The average molecular weight is 342 g/mol. The van der Waals surface area contributed by atoms with Gasteiger partial charge in [0.15, 0.2) is 0 Å². The Balaban J connectivity index is 1.60. The van der Waals surface area contributed by atoms with Crippen LogP contribution in [-0.4, -0.2) is 28.8 Å². The first-order valence-electron chi connectivity index (χ1n) is 9.16. The molecule has 0 saturated carbocycles. The number of hydrogen-bond donors (Lipinski definition) is 0. The molecule has 1 aromatic rings. The molecule has 0 aromatic heterocycles. The lowest BCUT2D eigenvalue weighted by Gasteiger charge is -2.33. The van der Waals surface area contributed by atoms with Crippen LogP contribution in [0.1, 0.15) is 58.9 Å². The van der Waals surface area contributed by atoms with Gasteiger partial charge in [-0.25, -0.2) is 0 Å². The first-order chi connectivity index (χ1) is 11.3. The molecule has 128 valence electrons. The van der Waals surface area contributed by atoms with Crippen LogP contribution in [0.25, 0.3) is 5.57 Å². The molecule has 2 fully saturated rings. The normalized spacial score (nSPS) is 31.0. The molecule has 0 aliphatic carbocycles. The van der Waals surface area contributed by atoms with Gasteiger partial charge in [-0.1, -0.05) is 36.8 Å². The third-order valence-corrected chi connectivity index (χ3v) is 7.51. The highest BCUT2D eigenvalue weighted by atomic mass is 32.2. The third-order valence-electron chi connectivity index (χ3n) is 6.00. The van der Waals surface area contributed by atoms with Crippen LogP contribution in [0.4, 0.5) is 0 Å². The predicted molar refractivity (Wildman–Crippen MR) is 104 cm³/mol. The van der Waals surface area contributed by atoms with Gasteiger partial charge in [0.25, 0.3) is 0 Å². The van der Waals surface area contributed by atoms with Gasteiger partial charge in [-0.05, 0) is 63.6 Å². The van der Waals surface area contributed by atoms with E-state index in [1.165, 1.54) is 36.8 Å². The monoisotopic (exact) mass is 342 g/mol. The van der Waals surface area contributed by atoms with Crippen molar-refractivity contribution in [3.05, 3.63) is 35.9 Å². The minimum atomic E-state index is -0.286. The molecule has 2 unspecified atom stereocenters. The van der Waals surface area contributed by atoms with Crippen LogP contribution in [0.2, 0.25) is 0 Å². The highest BCUT2D eigenvalue weighted by Crippen LogP contribution is 2.43. The molecule has 4 heteroatoms. The van der Waals surface area contributed by atoms with Gasteiger partial charge in [0, 0.05) is 10.5 Å². The number of hydrogen-bond acceptors (Lipinski definition) is 3. The number of allylic oxidation sites excluding steroid dienone is 1. The van der Waals surface area contributed by atoms with Gasteiger partial charge in [0.2, 0.25) is 0 Å². The van der Waals surface area contributed by atoms with Crippen LogP contribution in [0.5, 0.6) is 0 Å². The second-order valence-corrected chi connectivity index (χ2v) is 9.88. The van der Waals surface area contributed by atoms with Gasteiger partial charge in [0.1, 0.15) is 0 Å². The first kappa shape index (κ1) is 16.7. The van der Waals surface area contributed by atoms with Crippen LogP contribution in [0, 0.1) is 0 Å². The summed E-state index contributed by atoms with van der Waals surface area (Å²) in [6.45, 7) is 8.44. The highest BCUT2D eigenvalue weighted by Gasteiger charge is 2.51. The van der Waals surface area contributed by atoms with Crippen molar-refractivity contribution in [3.63, 3.8) is 0 Å². The zero-order valence-corrected chi connectivity index (χ0v) is 16.0. The minimum Gasteiger partial charge on any atom is -0.399 e. The van der Waals surface area contributed by atoms with Crippen LogP contribution in [0.15, 0.2) is 30.3 Å². The van der Waals surface area contributed by atoms with E-state index < -0.39 is 0 Å². The van der Waals surface area contributed by atoms with Crippen LogP contribution in [-0.2, 0) is 9.31 Å². The Labute approximate surface area is 150 Å². The summed E-state index contributed by atoms with van der Waals surface area (Å²) < 4.78 is 12.4. The van der Waals surface area contributed by atoms with Gasteiger partial charge in [-0.2, -0.15) is 11.8 Å². The summed E-state index contributed by atoms with van der Waals surface area (Å²) in [7, 11) is -0.270. The van der Waals surface area contributed by atoms with Crippen LogP contribution in [0.3, 0.4) is 0 Å². The Morgan fingerprint density at radius 1 is 1.08 bits per heavy atom. The Morgan fingerprint density at radius 2 is 1.83 bits per heavy atom. The van der Waals surface area contributed by atoms with Crippen molar-refractivity contribution in [2.24, 2.45) is 0 Å². The maximum atomic E-state index is 6.22. The number of benzene rings is 1. The molecule has 0 spiro atoms. The maximum Gasteiger partial charge on any atom is 0.494 e. The van der Waals surface area contributed by atoms with Gasteiger partial charge < -0.3 is 9.31 Å². The molecule has 0 N–H and O–H groups in total. The number of fused-ring (bicyclic) bond motifs is 2. The molecule has 2 saturated heterocycles. The minimum absolute atomic E-state index is 0.270. The van der Waals surface area contributed by atoms with Gasteiger partial charge in [-0.3, -0.25) is 0 Å². The van der Waals surface area contributed by atoms with Gasteiger partial charge in [0.05, 0.1) is 11.2 Å². The van der Waals surface area contributed by atoms with E-state index in [1.807, 2.05) is 0 Å². The lowest BCUT2D eigenvalue weighted by atomic mass is 9.77. The summed E-state index contributed by atoms with van der Waals surface area (Å²) in [6, 6.07) is 8.80. The Hall–Kier alpha value is -0.705. The molecular formula is C20H27BO2S. The lowest BCUT2D eigenvalue weighted by molar-refractivity contribution is 0.00578. The zero-order valence-electron chi connectivity index (χ0n) is 15.2. The largest absolute Gasteiger partial charge is 0.494 e. The zero-order chi connectivity index (χ0) is 16.9. The quantitative estimate of drug-likeness (QED) is 0.741. The van der Waals surface area contributed by atoms with Crippen molar-refractivity contribution in [2.45, 2.75) is 75.1 Å². The molecule has 1 aromatic carbocycles. The SMILES string of the molecule is CC1(C)OB(c2cccc(C3=CC4CCCC(C3)S4)c2)OC1(C)C. The second kappa shape index (κ2) is 5.93. The fourth-order valence-corrected chi connectivity index (χ4v) is 5.44. The van der Waals surface area contributed by atoms with Crippen molar-refractivity contribution >= 4 is 29.9 Å². The summed E-state index contributed by atoms with van der Waals surface area (Å²) >= 11 is 2.17. The van der Waals surface area contributed by atoms with Crippen LogP contribution < -0.4 is 5.46 Å². The van der Waals surface area contributed by atoms with E-state index in [1.54, 1.807) is 0 Å². The van der Waals surface area contributed by atoms with Gasteiger partial charge in [-0.15, -0.1) is 0 Å². The van der Waals surface area contributed by atoms with E-state index in [-0.39, 0.29) is 18.3 Å². The van der Waals surface area contributed by atoms with E-state index in [0.717, 1.165) is 10.7 Å². The Bertz CT molecular complexity index is 651. The van der Waals surface area contributed by atoms with E-state index >= 15 is 0 Å². The Morgan fingerprint density at radius 3 is 2.54 bits per heavy atom. The molecule has 3 heterocycles. The molecule has 2 nitrogen and oxygen atoms in total. The van der Waals surface area contributed by atoms with E-state index in [4.69, 9.17) is 9.31 Å². The van der Waals surface area contributed by atoms with E-state index in [9.17, 15) is 0 Å². The molecule has 0 amide bonds. The maximum absolute atomic E-state index is 6.22. The molecule has 2 bridgehead atoms. The Kier molecular flexibility index (Phi) is 4.14. The first-order valence-corrected chi connectivity index (χ1v) is 10.1.